The first-order chi connectivity index (χ1) is 8.89. The number of ketones is 1. The van der Waals surface area contributed by atoms with Crippen molar-refractivity contribution in [1.82, 2.24) is 4.98 Å². The third-order valence-corrected chi connectivity index (χ3v) is 2.53. The molecule has 19 heavy (non-hydrogen) atoms. The molecule has 0 spiro atoms. The molecule has 0 fully saturated rings. The number of nitrogen functional groups attached to an aromatic ring is 1. The van der Waals surface area contributed by atoms with E-state index in [1.54, 1.807) is 6.07 Å². The minimum atomic E-state index is -4.42. The van der Waals surface area contributed by atoms with Gasteiger partial charge in [-0.3, -0.25) is 9.78 Å². The first-order valence-corrected chi connectivity index (χ1v) is 5.32. The molecule has 0 aliphatic heterocycles. The number of aromatic nitrogens is 1. The van der Waals surface area contributed by atoms with Gasteiger partial charge in [0.05, 0.1) is 11.3 Å². The normalized spacial score (nSPS) is 11.3. The van der Waals surface area contributed by atoms with Crippen molar-refractivity contribution in [2.45, 2.75) is 6.18 Å². The van der Waals surface area contributed by atoms with E-state index in [0.717, 1.165) is 24.3 Å². The summed E-state index contributed by atoms with van der Waals surface area (Å²) in [5.41, 5.74) is 5.11. The number of nitrogens with two attached hydrogens (primary N) is 1. The molecule has 98 valence electrons. The molecule has 3 nitrogen and oxygen atoms in total. The van der Waals surface area contributed by atoms with Crippen LogP contribution in [0.15, 0.2) is 42.6 Å². The summed E-state index contributed by atoms with van der Waals surface area (Å²) in [6.45, 7) is 0. The zero-order valence-electron chi connectivity index (χ0n) is 9.61. The molecular formula is C13H9F3N2O. The molecule has 1 aromatic heterocycles. The minimum absolute atomic E-state index is 0.0299. The summed E-state index contributed by atoms with van der Waals surface area (Å²) in [5.74, 6) is -0.508. The second-order valence-corrected chi connectivity index (χ2v) is 3.85. The van der Waals surface area contributed by atoms with Crippen LogP contribution in [0.3, 0.4) is 0 Å². The molecule has 0 aliphatic rings. The van der Waals surface area contributed by atoms with Crippen LogP contribution in [0.1, 0.15) is 21.6 Å². The van der Waals surface area contributed by atoms with Gasteiger partial charge in [-0.15, -0.1) is 0 Å². The van der Waals surface area contributed by atoms with Gasteiger partial charge in [-0.25, -0.2) is 0 Å². The largest absolute Gasteiger partial charge is 0.416 e. The smallest absolute Gasteiger partial charge is 0.397 e. The molecule has 0 radical (unpaired) electrons. The van der Waals surface area contributed by atoms with Crippen molar-refractivity contribution in [2.24, 2.45) is 0 Å². The van der Waals surface area contributed by atoms with Crippen LogP contribution < -0.4 is 5.73 Å². The number of hydrogen-bond donors (Lipinski definition) is 1. The van der Waals surface area contributed by atoms with Gasteiger partial charge in [0.1, 0.15) is 5.69 Å². The number of carbonyl (C=O) groups excluding carboxylic acids is 1. The SMILES string of the molecule is Nc1cccnc1C(=O)c1ccc(C(F)(F)F)cc1. The van der Waals surface area contributed by atoms with Gasteiger partial charge in [-0.05, 0) is 24.3 Å². The van der Waals surface area contributed by atoms with E-state index in [0.29, 0.717) is 0 Å². The van der Waals surface area contributed by atoms with Crippen LogP contribution in [-0.2, 0) is 6.18 Å². The topological polar surface area (TPSA) is 56.0 Å². The van der Waals surface area contributed by atoms with Gasteiger partial charge in [0.25, 0.3) is 0 Å². The highest BCUT2D eigenvalue weighted by Crippen LogP contribution is 2.29. The van der Waals surface area contributed by atoms with Crippen LogP contribution in [0.5, 0.6) is 0 Å². The average molecular weight is 266 g/mol. The molecule has 1 heterocycles. The minimum Gasteiger partial charge on any atom is -0.397 e. The molecular weight excluding hydrogens is 257 g/mol. The number of pyridine rings is 1. The zero-order chi connectivity index (χ0) is 14.0. The Morgan fingerprint density at radius 3 is 2.26 bits per heavy atom. The molecule has 2 rings (SSSR count). The maximum absolute atomic E-state index is 12.4. The molecule has 2 N–H and O–H groups in total. The van der Waals surface area contributed by atoms with Gasteiger partial charge in [0.2, 0.25) is 5.78 Å². The van der Waals surface area contributed by atoms with Crippen molar-refractivity contribution in [2.75, 3.05) is 5.73 Å². The highest BCUT2D eigenvalue weighted by Gasteiger charge is 2.30. The Morgan fingerprint density at radius 2 is 1.74 bits per heavy atom. The quantitative estimate of drug-likeness (QED) is 0.850. The summed E-state index contributed by atoms with van der Waals surface area (Å²) in [4.78, 5) is 15.8. The second kappa shape index (κ2) is 4.72. The van der Waals surface area contributed by atoms with E-state index in [1.807, 2.05) is 0 Å². The van der Waals surface area contributed by atoms with Gasteiger partial charge in [-0.1, -0.05) is 12.1 Å². The lowest BCUT2D eigenvalue weighted by Crippen LogP contribution is -2.09. The first-order valence-electron chi connectivity index (χ1n) is 5.32. The van der Waals surface area contributed by atoms with Crippen molar-refractivity contribution in [1.29, 1.82) is 0 Å². The van der Waals surface area contributed by atoms with Crippen LogP contribution >= 0.6 is 0 Å². The lowest BCUT2D eigenvalue weighted by molar-refractivity contribution is -0.137. The van der Waals surface area contributed by atoms with Crippen molar-refractivity contribution < 1.29 is 18.0 Å². The fraction of sp³-hybridized carbons (Fsp3) is 0.0769. The average Bonchev–Trinajstić information content (AvgIpc) is 2.38. The number of halogens is 3. The molecule has 0 unspecified atom stereocenters. The van der Waals surface area contributed by atoms with Crippen LogP contribution in [0.2, 0.25) is 0 Å². The Kier molecular flexibility index (Phi) is 3.25. The second-order valence-electron chi connectivity index (χ2n) is 3.85. The molecule has 0 saturated carbocycles. The number of rotatable bonds is 2. The number of hydrogen-bond acceptors (Lipinski definition) is 3. The third kappa shape index (κ3) is 2.73. The third-order valence-electron chi connectivity index (χ3n) is 2.53. The van der Waals surface area contributed by atoms with Crippen molar-refractivity contribution in [3.8, 4) is 0 Å². The Morgan fingerprint density at radius 1 is 1.11 bits per heavy atom. The number of nitrogens with zero attached hydrogens (tertiary/aromatic N) is 1. The van der Waals surface area contributed by atoms with E-state index in [1.165, 1.54) is 12.3 Å². The monoisotopic (exact) mass is 266 g/mol. The van der Waals surface area contributed by atoms with Gasteiger partial charge >= 0.3 is 6.18 Å². The molecule has 6 heteroatoms. The molecule has 1 aromatic carbocycles. The lowest BCUT2D eigenvalue weighted by atomic mass is 10.0. The highest BCUT2D eigenvalue weighted by molar-refractivity contribution is 6.10. The molecule has 2 aromatic rings. The van der Waals surface area contributed by atoms with Crippen molar-refractivity contribution >= 4 is 11.5 Å². The van der Waals surface area contributed by atoms with Crippen molar-refractivity contribution in [3.63, 3.8) is 0 Å². The van der Waals surface area contributed by atoms with Gasteiger partial charge < -0.3 is 5.73 Å². The standard InChI is InChI=1S/C13H9F3N2O/c14-13(15,16)9-5-3-8(4-6-9)12(19)11-10(17)2-1-7-18-11/h1-7H,17H2. The molecule has 0 saturated heterocycles. The van der Waals surface area contributed by atoms with Gasteiger partial charge in [0, 0.05) is 11.8 Å². The zero-order valence-corrected chi connectivity index (χ0v) is 9.61. The predicted molar refractivity (Wildman–Crippen MR) is 63.5 cm³/mol. The summed E-state index contributed by atoms with van der Waals surface area (Å²) in [6, 6.07) is 7.00. The Balaban J connectivity index is 2.34. The van der Waals surface area contributed by atoms with Crippen molar-refractivity contribution in [3.05, 3.63) is 59.4 Å². The van der Waals surface area contributed by atoms with Crippen LogP contribution in [0.4, 0.5) is 18.9 Å². The van der Waals surface area contributed by atoms with Crippen LogP contribution in [0, 0.1) is 0 Å². The highest BCUT2D eigenvalue weighted by atomic mass is 19.4. The summed E-state index contributed by atoms with van der Waals surface area (Å²) >= 11 is 0. The fourth-order valence-electron chi connectivity index (χ4n) is 1.55. The lowest BCUT2D eigenvalue weighted by Gasteiger charge is -2.07. The van der Waals surface area contributed by atoms with E-state index < -0.39 is 17.5 Å². The van der Waals surface area contributed by atoms with E-state index in [9.17, 15) is 18.0 Å². The van der Waals surface area contributed by atoms with E-state index in [4.69, 9.17) is 5.73 Å². The Bertz CT molecular complexity index is 606. The number of carbonyl (C=O) groups is 1. The van der Waals surface area contributed by atoms with E-state index in [-0.39, 0.29) is 16.9 Å². The molecule has 0 bridgehead atoms. The fourth-order valence-corrected chi connectivity index (χ4v) is 1.55. The maximum atomic E-state index is 12.4. The first kappa shape index (κ1) is 13.1. The van der Waals surface area contributed by atoms with Gasteiger partial charge in [-0.2, -0.15) is 13.2 Å². The number of alkyl halides is 3. The summed E-state index contributed by atoms with van der Waals surface area (Å²) < 4.78 is 37.2. The number of benzene rings is 1. The summed E-state index contributed by atoms with van der Waals surface area (Å²) in [6.07, 6.45) is -3.03. The number of anilines is 1. The van der Waals surface area contributed by atoms with Crippen LogP contribution in [-0.4, -0.2) is 10.8 Å². The van der Waals surface area contributed by atoms with Gasteiger partial charge in [0.15, 0.2) is 0 Å². The molecule has 0 amide bonds. The van der Waals surface area contributed by atoms with E-state index >= 15 is 0 Å². The summed E-state index contributed by atoms with van der Waals surface area (Å²) in [7, 11) is 0. The predicted octanol–water partition coefficient (Wildman–Crippen LogP) is 2.91. The Labute approximate surface area is 106 Å². The molecule has 0 atom stereocenters. The Hall–Kier alpha value is -2.37. The van der Waals surface area contributed by atoms with E-state index in [2.05, 4.69) is 4.98 Å². The molecule has 0 aliphatic carbocycles. The maximum Gasteiger partial charge on any atom is 0.416 e. The summed E-state index contributed by atoms with van der Waals surface area (Å²) in [5, 5.41) is 0. The van der Waals surface area contributed by atoms with Crippen LogP contribution in [0.25, 0.3) is 0 Å².